The second-order valence-electron chi connectivity index (χ2n) is 4.23. The molecule has 2 aromatic heterocycles. The largest absolute Gasteiger partial charge is 0.476 e. The number of aromatic carboxylic acids is 1. The number of carboxylic acids is 1. The van der Waals surface area contributed by atoms with Crippen LogP contribution in [0.15, 0.2) is 16.9 Å². The van der Waals surface area contributed by atoms with E-state index in [0.717, 1.165) is 17.1 Å². The van der Waals surface area contributed by atoms with E-state index in [9.17, 15) is 4.79 Å². The fraction of sp³-hybridized carbons (Fsp3) is 0.333. The Morgan fingerprint density at radius 1 is 1.37 bits per heavy atom. The third-order valence-corrected chi connectivity index (χ3v) is 2.70. The summed E-state index contributed by atoms with van der Waals surface area (Å²) in [7, 11) is 1.89. The summed E-state index contributed by atoms with van der Waals surface area (Å²) in [6.45, 7) is 4.20. The van der Waals surface area contributed by atoms with Crippen LogP contribution in [-0.2, 0) is 6.54 Å². The van der Waals surface area contributed by atoms with Crippen LogP contribution in [0.2, 0.25) is 0 Å². The molecule has 0 aromatic carbocycles. The molecule has 7 nitrogen and oxygen atoms in total. The molecule has 0 unspecified atom stereocenters. The molecule has 0 aliphatic carbocycles. The topological polar surface area (TPSA) is 92.4 Å². The average Bonchev–Trinajstić information content (AvgIpc) is 2.69. The summed E-state index contributed by atoms with van der Waals surface area (Å²) in [5, 5.41) is 12.6. The Hall–Kier alpha value is -2.44. The van der Waals surface area contributed by atoms with E-state index in [2.05, 4.69) is 15.1 Å². The molecule has 2 aromatic rings. The average molecular weight is 262 g/mol. The second-order valence-corrected chi connectivity index (χ2v) is 4.23. The van der Waals surface area contributed by atoms with Crippen molar-refractivity contribution in [1.82, 2.24) is 15.1 Å². The molecule has 0 aliphatic rings. The van der Waals surface area contributed by atoms with Gasteiger partial charge in [0.05, 0.1) is 24.6 Å². The molecule has 0 spiro atoms. The Bertz CT molecular complexity index is 572. The van der Waals surface area contributed by atoms with Gasteiger partial charge in [-0.1, -0.05) is 5.16 Å². The third kappa shape index (κ3) is 2.70. The molecule has 19 heavy (non-hydrogen) atoms. The zero-order valence-electron chi connectivity index (χ0n) is 10.9. The highest BCUT2D eigenvalue weighted by Crippen LogP contribution is 2.23. The molecular weight excluding hydrogens is 248 g/mol. The summed E-state index contributed by atoms with van der Waals surface area (Å²) in [6.07, 6.45) is 2.71. The first-order chi connectivity index (χ1) is 8.99. The number of hydrogen-bond acceptors (Lipinski definition) is 6. The number of carbonyl (C=O) groups is 1. The molecule has 1 N–H and O–H groups in total. The van der Waals surface area contributed by atoms with Gasteiger partial charge in [0.25, 0.3) is 0 Å². The smallest absolute Gasteiger partial charge is 0.356 e. The molecule has 0 radical (unpaired) electrons. The van der Waals surface area contributed by atoms with Crippen molar-refractivity contribution in [3.8, 4) is 0 Å². The quantitative estimate of drug-likeness (QED) is 0.890. The summed E-state index contributed by atoms with van der Waals surface area (Å²) in [5.74, 6) is -0.353. The molecule has 7 heteroatoms. The van der Waals surface area contributed by atoms with Crippen LogP contribution in [0.4, 0.5) is 5.69 Å². The lowest BCUT2D eigenvalue weighted by Gasteiger charge is -2.17. The highest BCUT2D eigenvalue weighted by atomic mass is 16.5. The molecule has 0 saturated heterocycles. The Morgan fingerprint density at radius 2 is 2.11 bits per heavy atom. The van der Waals surface area contributed by atoms with Crippen molar-refractivity contribution in [3.05, 3.63) is 35.2 Å². The summed E-state index contributed by atoms with van der Waals surface area (Å²) in [6, 6.07) is 0. The predicted molar refractivity (Wildman–Crippen MR) is 67.1 cm³/mol. The lowest BCUT2D eigenvalue weighted by Crippen LogP contribution is -2.19. The first-order valence-corrected chi connectivity index (χ1v) is 5.67. The van der Waals surface area contributed by atoms with Crippen molar-refractivity contribution in [2.45, 2.75) is 20.4 Å². The van der Waals surface area contributed by atoms with Gasteiger partial charge in [0, 0.05) is 7.05 Å². The number of nitrogens with zero attached hydrogens (tertiary/aromatic N) is 4. The van der Waals surface area contributed by atoms with E-state index in [1.165, 1.54) is 12.4 Å². The van der Waals surface area contributed by atoms with Gasteiger partial charge < -0.3 is 14.5 Å². The van der Waals surface area contributed by atoms with Crippen LogP contribution in [0.1, 0.15) is 27.6 Å². The summed E-state index contributed by atoms with van der Waals surface area (Å²) in [4.78, 5) is 20.5. The van der Waals surface area contributed by atoms with Gasteiger partial charge in [0.15, 0.2) is 11.5 Å². The van der Waals surface area contributed by atoms with Crippen molar-refractivity contribution in [3.63, 3.8) is 0 Å². The SMILES string of the molecule is Cc1noc(C)c1N(C)Cc1cnc(C(=O)O)cn1. The molecule has 0 saturated carbocycles. The van der Waals surface area contributed by atoms with E-state index in [4.69, 9.17) is 9.63 Å². The van der Waals surface area contributed by atoms with Gasteiger partial charge in [0.2, 0.25) is 0 Å². The van der Waals surface area contributed by atoms with E-state index in [1.54, 1.807) is 0 Å². The second kappa shape index (κ2) is 5.05. The van der Waals surface area contributed by atoms with Gasteiger partial charge >= 0.3 is 5.97 Å². The summed E-state index contributed by atoms with van der Waals surface area (Å²) < 4.78 is 5.10. The van der Waals surface area contributed by atoms with Crippen molar-refractivity contribution in [1.29, 1.82) is 0 Å². The molecule has 0 bridgehead atoms. The maximum atomic E-state index is 10.7. The molecule has 0 atom stereocenters. The minimum absolute atomic E-state index is 0.0660. The van der Waals surface area contributed by atoms with Gasteiger partial charge in [0.1, 0.15) is 11.4 Å². The monoisotopic (exact) mass is 262 g/mol. The van der Waals surface area contributed by atoms with Gasteiger partial charge in [-0.15, -0.1) is 0 Å². The van der Waals surface area contributed by atoms with Crippen LogP contribution >= 0.6 is 0 Å². The maximum Gasteiger partial charge on any atom is 0.356 e. The van der Waals surface area contributed by atoms with E-state index >= 15 is 0 Å². The number of anilines is 1. The van der Waals surface area contributed by atoms with Crippen LogP contribution in [0.5, 0.6) is 0 Å². The third-order valence-electron chi connectivity index (χ3n) is 2.70. The van der Waals surface area contributed by atoms with Crippen LogP contribution in [-0.4, -0.2) is 33.2 Å². The first-order valence-electron chi connectivity index (χ1n) is 5.67. The Balaban J connectivity index is 2.15. The summed E-state index contributed by atoms with van der Waals surface area (Å²) >= 11 is 0. The molecule has 0 amide bonds. The van der Waals surface area contributed by atoms with Crippen molar-refractivity contribution in [2.24, 2.45) is 0 Å². The molecule has 100 valence electrons. The fourth-order valence-corrected chi connectivity index (χ4v) is 1.89. The first kappa shape index (κ1) is 13.0. The lowest BCUT2D eigenvalue weighted by atomic mass is 10.3. The minimum atomic E-state index is -1.09. The number of aromatic nitrogens is 3. The minimum Gasteiger partial charge on any atom is -0.476 e. The van der Waals surface area contributed by atoms with Crippen LogP contribution < -0.4 is 4.90 Å². The molecule has 0 fully saturated rings. The molecule has 2 heterocycles. The lowest BCUT2D eigenvalue weighted by molar-refractivity contribution is 0.0690. The van der Waals surface area contributed by atoms with Crippen LogP contribution in [0, 0.1) is 13.8 Å². The normalized spacial score (nSPS) is 10.5. The zero-order valence-corrected chi connectivity index (χ0v) is 10.9. The highest BCUT2D eigenvalue weighted by Gasteiger charge is 2.14. The Labute approximate surface area is 109 Å². The van der Waals surface area contributed by atoms with Crippen molar-refractivity contribution < 1.29 is 14.4 Å². The number of rotatable bonds is 4. The van der Waals surface area contributed by atoms with E-state index < -0.39 is 5.97 Å². The predicted octanol–water partition coefficient (Wildman–Crippen LogP) is 1.42. The number of aryl methyl sites for hydroxylation is 2. The van der Waals surface area contributed by atoms with Crippen molar-refractivity contribution in [2.75, 3.05) is 11.9 Å². The van der Waals surface area contributed by atoms with Crippen molar-refractivity contribution >= 4 is 11.7 Å². The van der Waals surface area contributed by atoms with Crippen LogP contribution in [0.25, 0.3) is 0 Å². The Kier molecular flexibility index (Phi) is 3.46. The molecule has 0 aliphatic heterocycles. The van der Waals surface area contributed by atoms with Gasteiger partial charge in [-0.05, 0) is 13.8 Å². The maximum absolute atomic E-state index is 10.7. The van der Waals surface area contributed by atoms with E-state index in [0.29, 0.717) is 12.2 Å². The summed E-state index contributed by atoms with van der Waals surface area (Å²) in [5.41, 5.74) is 2.32. The van der Waals surface area contributed by atoms with Gasteiger partial charge in [-0.2, -0.15) is 0 Å². The fourth-order valence-electron chi connectivity index (χ4n) is 1.89. The van der Waals surface area contributed by atoms with Gasteiger partial charge in [-0.3, -0.25) is 4.98 Å². The van der Waals surface area contributed by atoms with E-state index in [-0.39, 0.29) is 5.69 Å². The van der Waals surface area contributed by atoms with Gasteiger partial charge in [-0.25, -0.2) is 9.78 Å². The molecular formula is C12H14N4O3. The van der Waals surface area contributed by atoms with Crippen LogP contribution in [0.3, 0.4) is 0 Å². The number of carboxylic acid groups (broad SMARTS) is 1. The highest BCUT2D eigenvalue weighted by molar-refractivity contribution is 5.84. The van der Waals surface area contributed by atoms with E-state index in [1.807, 2.05) is 25.8 Å². The standard InChI is InChI=1S/C12H14N4O3/c1-7-11(8(2)19-15-7)16(3)6-9-4-14-10(5-13-9)12(17)18/h4-5H,6H2,1-3H3,(H,17,18). The molecule has 2 rings (SSSR count). The Morgan fingerprint density at radius 3 is 2.58 bits per heavy atom. The zero-order chi connectivity index (χ0) is 14.0. The number of hydrogen-bond donors (Lipinski definition) is 1.